The predicted molar refractivity (Wildman–Crippen MR) is 163 cm³/mol. The number of carbonyl (C=O) groups excluding carboxylic acids is 10. The largest absolute Gasteiger partial charge is 0.465 e. The Morgan fingerprint density at radius 1 is 0.489 bits per heavy atom. The second-order valence-electron chi connectivity index (χ2n) is 11.6. The van der Waals surface area contributed by atoms with Gasteiger partial charge in [-0.2, -0.15) is 0 Å². The molecule has 0 heterocycles. The molecule has 14 nitrogen and oxygen atoms in total. The summed E-state index contributed by atoms with van der Waals surface area (Å²) in [6.07, 6.45) is -0.844. The molecule has 47 heavy (non-hydrogen) atoms. The zero-order chi connectivity index (χ0) is 36.6. The molecule has 0 spiro atoms. The van der Waals surface area contributed by atoms with Crippen molar-refractivity contribution in [3.8, 4) is 0 Å². The minimum atomic E-state index is -1.74. The number of ether oxygens (including phenoxy) is 4. The molecule has 0 fully saturated rings. The van der Waals surface area contributed by atoms with Crippen LogP contribution in [0.5, 0.6) is 0 Å². The highest BCUT2D eigenvalue weighted by Crippen LogP contribution is 2.33. The summed E-state index contributed by atoms with van der Waals surface area (Å²) in [5.41, 5.74) is -5.19. The molecule has 0 N–H and O–H groups in total. The van der Waals surface area contributed by atoms with Gasteiger partial charge in [-0.3, -0.25) is 38.4 Å². The lowest BCUT2D eigenvalue weighted by atomic mass is 9.72. The van der Waals surface area contributed by atoms with Crippen LogP contribution in [0.3, 0.4) is 0 Å². The Hall–Kier alpha value is -4.62. The first kappa shape index (κ1) is 42.4. The zero-order valence-electron chi connectivity index (χ0n) is 27.9. The van der Waals surface area contributed by atoms with E-state index in [1.54, 1.807) is 0 Å². The molecular weight excluding hydrogens is 620 g/mol. The van der Waals surface area contributed by atoms with E-state index in [0.717, 1.165) is 39.8 Å². The lowest BCUT2D eigenvalue weighted by molar-refractivity contribution is -0.168. The molecule has 0 rings (SSSR count). The Labute approximate surface area is 273 Å². The van der Waals surface area contributed by atoms with Crippen molar-refractivity contribution in [2.45, 2.75) is 80.1 Å². The van der Waals surface area contributed by atoms with Gasteiger partial charge >= 0.3 is 23.9 Å². The van der Waals surface area contributed by atoms with Crippen LogP contribution in [0.25, 0.3) is 0 Å². The number of hydrogen-bond donors (Lipinski definition) is 0. The molecule has 0 radical (unpaired) electrons. The average molecular weight is 665 g/mol. The second kappa shape index (κ2) is 19.1. The molecule has 0 unspecified atom stereocenters. The molecule has 0 bridgehead atoms. The summed E-state index contributed by atoms with van der Waals surface area (Å²) in [7, 11) is 0. The molecule has 0 aromatic carbocycles. The molecule has 0 aliphatic rings. The van der Waals surface area contributed by atoms with Gasteiger partial charge in [0.15, 0.2) is 0 Å². The monoisotopic (exact) mass is 664 g/mol. The highest BCUT2D eigenvalue weighted by molar-refractivity contribution is 6.09. The van der Waals surface area contributed by atoms with E-state index in [1.165, 1.54) is 13.8 Å². The lowest BCUT2D eigenvalue weighted by Crippen LogP contribution is -2.44. The highest BCUT2D eigenvalue weighted by atomic mass is 16.6. The smallest absolute Gasteiger partial charge is 0.330 e. The molecule has 0 saturated carbocycles. The van der Waals surface area contributed by atoms with Crippen molar-refractivity contribution in [2.75, 3.05) is 26.4 Å². The number of Topliss-reactive ketones (excluding diaryl/α,β-unsaturated/α-hetero) is 6. The van der Waals surface area contributed by atoms with E-state index in [-0.39, 0.29) is 12.8 Å². The van der Waals surface area contributed by atoms with Crippen LogP contribution in [-0.4, -0.2) is 85.0 Å². The normalized spacial score (nSPS) is 11.4. The van der Waals surface area contributed by atoms with Gasteiger partial charge in [0.1, 0.15) is 66.5 Å². The summed E-state index contributed by atoms with van der Waals surface area (Å²) < 4.78 is 20.9. The van der Waals surface area contributed by atoms with Crippen LogP contribution in [0.1, 0.15) is 80.1 Å². The summed E-state index contributed by atoms with van der Waals surface area (Å²) in [5, 5.41) is 0. The molecule has 0 aromatic heterocycles. The van der Waals surface area contributed by atoms with Crippen molar-refractivity contribution >= 4 is 58.6 Å². The van der Waals surface area contributed by atoms with E-state index in [4.69, 9.17) is 18.9 Å². The Morgan fingerprint density at radius 3 is 1.00 bits per heavy atom. The van der Waals surface area contributed by atoms with Crippen molar-refractivity contribution in [3.63, 3.8) is 0 Å². The van der Waals surface area contributed by atoms with Gasteiger partial charge in [-0.25, -0.2) is 9.59 Å². The fourth-order valence-corrected chi connectivity index (χ4v) is 4.78. The minimum absolute atomic E-state index is 0.344. The molecule has 260 valence electrons. The van der Waals surface area contributed by atoms with Crippen LogP contribution in [0.15, 0.2) is 25.3 Å². The maximum atomic E-state index is 12.8. The Bertz CT molecular complexity index is 1160. The van der Waals surface area contributed by atoms with Crippen molar-refractivity contribution in [3.05, 3.63) is 25.3 Å². The third-order valence-corrected chi connectivity index (χ3v) is 7.76. The summed E-state index contributed by atoms with van der Waals surface area (Å²) in [4.78, 5) is 123. The number of carbonyl (C=O) groups is 10. The Balaban J connectivity index is 6.18. The molecule has 0 aromatic rings. The zero-order valence-corrected chi connectivity index (χ0v) is 27.9. The van der Waals surface area contributed by atoms with Gasteiger partial charge in [0.2, 0.25) is 0 Å². The topological polar surface area (TPSA) is 208 Å². The van der Waals surface area contributed by atoms with Crippen LogP contribution >= 0.6 is 0 Å². The maximum absolute atomic E-state index is 12.8. The van der Waals surface area contributed by atoms with Crippen molar-refractivity contribution in [1.29, 1.82) is 0 Å². The van der Waals surface area contributed by atoms with Crippen LogP contribution in [0, 0.1) is 16.2 Å². The summed E-state index contributed by atoms with van der Waals surface area (Å²) in [6, 6.07) is 0. The lowest BCUT2D eigenvalue weighted by Gasteiger charge is -2.32. The first-order valence-electron chi connectivity index (χ1n) is 14.6. The molecule has 0 aliphatic heterocycles. The molecule has 0 aliphatic carbocycles. The quantitative estimate of drug-likeness (QED) is 0.0628. The van der Waals surface area contributed by atoms with E-state index in [0.29, 0.717) is 0 Å². The molecular formula is C33H44O14. The Kier molecular flexibility index (Phi) is 17.3. The van der Waals surface area contributed by atoms with E-state index >= 15 is 0 Å². The van der Waals surface area contributed by atoms with Gasteiger partial charge in [0.05, 0.1) is 10.8 Å². The van der Waals surface area contributed by atoms with Crippen LogP contribution < -0.4 is 0 Å². The van der Waals surface area contributed by atoms with E-state index in [1.807, 2.05) is 0 Å². The number of ketones is 6. The second-order valence-corrected chi connectivity index (χ2v) is 11.6. The van der Waals surface area contributed by atoms with Gasteiger partial charge in [-0.05, 0) is 54.4 Å². The highest BCUT2D eigenvalue weighted by Gasteiger charge is 2.44. The molecule has 0 saturated heterocycles. The third kappa shape index (κ3) is 13.3. The molecule has 0 amide bonds. The minimum Gasteiger partial charge on any atom is -0.465 e. The fourth-order valence-electron chi connectivity index (χ4n) is 4.78. The SMILES string of the molecule is C=CC(=O)OCC(COC(=O)C=C)(COC(=O)CCC(CC(C)=O)(C(C)=O)C(C)=O)COC(=O)CCC(CC(C)=O)(C(C)=O)C(C)=O. The van der Waals surface area contributed by atoms with Gasteiger partial charge < -0.3 is 18.9 Å². The number of rotatable bonds is 24. The van der Waals surface area contributed by atoms with Gasteiger partial charge in [-0.15, -0.1) is 0 Å². The first-order valence-corrected chi connectivity index (χ1v) is 14.6. The van der Waals surface area contributed by atoms with Crippen LogP contribution in [0.4, 0.5) is 0 Å². The van der Waals surface area contributed by atoms with Gasteiger partial charge in [0, 0.05) is 37.8 Å². The Morgan fingerprint density at radius 2 is 0.766 bits per heavy atom. The van der Waals surface area contributed by atoms with Crippen molar-refractivity contribution in [1.82, 2.24) is 0 Å². The first-order chi connectivity index (χ1) is 21.7. The van der Waals surface area contributed by atoms with Crippen LogP contribution in [-0.2, 0) is 66.9 Å². The summed E-state index contributed by atoms with van der Waals surface area (Å²) in [5.74, 6) is -7.05. The predicted octanol–water partition coefficient (Wildman–Crippen LogP) is 2.36. The third-order valence-electron chi connectivity index (χ3n) is 7.76. The molecule has 0 atom stereocenters. The standard InChI is InChI=1S/C33H44O14/c1-9-27(40)44-17-31(18-45-28(41)10-2,19-46-29(42)11-13-32(23(5)36,24(6)37)15-21(3)34)20-47-30(43)12-14-33(25(7)38,26(8)39)16-22(4)35/h9-10H,1-2,11-20H2,3-8H3. The fraction of sp³-hybridized carbons (Fsp3) is 0.576. The van der Waals surface area contributed by atoms with Gasteiger partial charge in [-0.1, -0.05) is 13.2 Å². The van der Waals surface area contributed by atoms with Crippen molar-refractivity contribution < 1.29 is 66.9 Å². The van der Waals surface area contributed by atoms with Gasteiger partial charge in [0.25, 0.3) is 0 Å². The van der Waals surface area contributed by atoms with E-state index < -0.39 is 127 Å². The maximum Gasteiger partial charge on any atom is 0.330 e. The van der Waals surface area contributed by atoms with E-state index in [2.05, 4.69) is 13.2 Å². The summed E-state index contributed by atoms with van der Waals surface area (Å²) in [6.45, 7) is 10.9. The van der Waals surface area contributed by atoms with Crippen molar-refractivity contribution in [2.24, 2.45) is 16.2 Å². The van der Waals surface area contributed by atoms with Crippen LogP contribution in [0.2, 0.25) is 0 Å². The summed E-state index contributed by atoms with van der Waals surface area (Å²) >= 11 is 0. The number of esters is 4. The number of hydrogen-bond acceptors (Lipinski definition) is 14. The molecule has 14 heteroatoms. The van der Waals surface area contributed by atoms with E-state index in [9.17, 15) is 47.9 Å². The average Bonchev–Trinajstić information content (AvgIpc) is 2.98.